The third-order valence-corrected chi connectivity index (χ3v) is 3.25. The van der Waals surface area contributed by atoms with Crippen LogP contribution in [0, 0.1) is 0 Å². The van der Waals surface area contributed by atoms with Crippen LogP contribution in [-0.2, 0) is 4.74 Å². The summed E-state index contributed by atoms with van der Waals surface area (Å²) in [7, 11) is 1.72. The van der Waals surface area contributed by atoms with Crippen molar-refractivity contribution in [3.8, 4) is 0 Å². The zero-order valence-electron chi connectivity index (χ0n) is 12.4. The molecule has 0 rings (SSSR count). The van der Waals surface area contributed by atoms with Crippen molar-refractivity contribution in [3.63, 3.8) is 0 Å². The quantitative estimate of drug-likeness (QED) is 0.406. The lowest BCUT2D eigenvalue weighted by molar-refractivity contribution is -0.167. The summed E-state index contributed by atoms with van der Waals surface area (Å²) in [4.78, 5) is 0. The highest BCUT2D eigenvalue weighted by molar-refractivity contribution is 4.70. The van der Waals surface area contributed by atoms with Crippen molar-refractivity contribution in [2.45, 2.75) is 70.3 Å². The van der Waals surface area contributed by atoms with Crippen LogP contribution in [0.2, 0.25) is 0 Å². The Morgan fingerprint density at radius 3 is 2.20 bits per heavy atom. The zero-order chi connectivity index (χ0) is 15.4. The molecule has 6 heteroatoms. The van der Waals surface area contributed by atoms with Gasteiger partial charge in [0.1, 0.15) is 6.61 Å². The summed E-state index contributed by atoms with van der Waals surface area (Å²) in [5.41, 5.74) is 0. The molecule has 0 amide bonds. The predicted molar refractivity (Wildman–Crippen MR) is 72.6 cm³/mol. The van der Waals surface area contributed by atoms with Gasteiger partial charge in [0.05, 0.1) is 6.61 Å². The molecule has 1 atom stereocenters. The number of rotatable bonds is 13. The van der Waals surface area contributed by atoms with Crippen LogP contribution in [0.4, 0.5) is 17.6 Å². The van der Waals surface area contributed by atoms with Gasteiger partial charge in [-0.05, 0) is 13.5 Å². The average Bonchev–Trinajstić information content (AvgIpc) is 2.40. The molecule has 0 heterocycles. The minimum atomic E-state index is -4.06. The second-order valence-corrected chi connectivity index (χ2v) is 5.12. The maximum Gasteiger partial charge on any atom is 0.330 e. The van der Waals surface area contributed by atoms with E-state index >= 15 is 0 Å². The van der Waals surface area contributed by atoms with Crippen molar-refractivity contribution < 1.29 is 22.3 Å². The van der Waals surface area contributed by atoms with Gasteiger partial charge in [-0.15, -0.1) is 0 Å². The molecule has 0 saturated heterocycles. The van der Waals surface area contributed by atoms with Gasteiger partial charge < -0.3 is 10.1 Å². The average molecular weight is 301 g/mol. The smallest absolute Gasteiger partial charge is 0.330 e. The number of hydrogen-bond acceptors (Lipinski definition) is 2. The first-order valence-corrected chi connectivity index (χ1v) is 7.35. The number of likely N-dealkylation sites (N-methyl/N-ethyl adjacent to an activating group) is 1. The molecule has 2 nitrogen and oxygen atoms in total. The van der Waals surface area contributed by atoms with E-state index < -0.39 is 19.0 Å². The minimum Gasteiger partial charge on any atom is -0.373 e. The van der Waals surface area contributed by atoms with Crippen molar-refractivity contribution in [1.82, 2.24) is 5.32 Å². The number of nitrogens with one attached hydrogen (secondary N) is 1. The van der Waals surface area contributed by atoms with E-state index in [1.54, 1.807) is 7.05 Å². The Morgan fingerprint density at radius 1 is 1.05 bits per heavy atom. The molecule has 0 saturated carbocycles. The molecule has 0 aromatic rings. The van der Waals surface area contributed by atoms with E-state index in [-0.39, 0.29) is 12.6 Å². The Labute approximate surface area is 119 Å². The highest BCUT2D eigenvalue weighted by atomic mass is 19.3. The van der Waals surface area contributed by atoms with Gasteiger partial charge in [0, 0.05) is 6.04 Å². The maximum absolute atomic E-state index is 12.6. The Kier molecular flexibility index (Phi) is 11.1. The maximum atomic E-state index is 12.6. The lowest BCUT2D eigenvalue weighted by atomic mass is 10.1. The molecule has 0 radical (unpaired) electrons. The molecule has 0 aromatic carbocycles. The van der Waals surface area contributed by atoms with E-state index in [1.165, 1.54) is 25.7 Å². The first-order valence-electron chi connectivity index (χ1n) is 7.35. The molecule has 1 N–H and O–H groups in total. The van der Waals surface area contributed by atoms with Gasteiger partial charge in [0.2, 0.25) is 0 Å². The summed E-state index contributed by atoms with van der Waals surface area (Å²) < 4.78 is 53.8. The van der Waals surface area contributed by atoms with Gasteiger partial charge in [0.15, 0.2) is 0 Å². The SMILES string of the molecule is CCCCCCCCC(COCC(F)(F)C(F)F)NC. The zero-order valence-corrected chi connectivity index (χ0v) is 12.4. The molecule has 0 fully saturated rings. The van der Waals surface area contributed by atoms with Crippen molar-refractivity contribution in [2.24, 2.45) is 0 Å². The van der Waals surface area contributed by atoms with Crippen molar-refractivity contribution in [1.29, 1.82) is 0 Å². The fourth-order valence-electron chi connectivity index (χ4n) is 1.88. The Bertz CT molecular complexity index is 227. The highest BCUT2D eigenvalue weighted by Crippen LogP contribution is 2.23. The Hall–Kier alpha value is -0.360. The number of halogens is 4. The third kappa shape index (κ3) is 9.53. The molecule has 0 aliphatic carbocycles. The minimum absolute atomic E-state index is 0.0355. The van der Waals surface area contributed by atoms with Crippen LogP contribution in [0.15, 0.2) is 0 Å². The van der Waals surface area contributed by atoms with Crippen molar-refractivity contribution in [3.05, 3.63) is 0 Å². The molecule has 0 spiro atoms. The molecule has 20 heavy (non-hydrogen) atoms. The van der Waals surface area contributed by atoms with Crippen LogP contribution in [0.3, 0.4) is 0 Å². The first kappa shape index (κ1) is 19.6. The van der Waals surface area contributed by atoms with E-state index in [4.69, 9.17) is 4.74 Å². The lowest BCUT2D eigenvalue weighted by Crippen LogP contribution is -2.36. The molecule has 122 valence electrons. The monoisotopic (exact) mass is 301 g/mol. The molecule has 1 unspecified atom stereocenters. The van der Waals surface area contributed by atoms with Gasteiger partial charge in [-0.3, -0.25) is 0 Å². The predicted octanol–water partition coefficient (Wildman–Crippen LogP) is 4.24. The van der Waals surface area contributed by atoms with E-state index in [2.05, 4.69) is 12.2 Å². The van der Waals surface area contributed by atoms with Gasteiger partial charge in [0.25, 0.3) is 0 Å². The number of ether oxygens (including phenoxy) is 1. The second-order valence-electron chi connectivity index (χ2n) is 5.12. The largest absolute Gasteiger partial charge is 0.373 e. The molecule has 0 aliphatic heterocycles. The summed E-state index contributed by atoms with van der Waals surface area (Å²) in [5.74, 6) is -4.06. The van der Waals surface area contributed by atoms with E-state index in [0.29, 0.717) is 0 Å². The van der Waals surface area contributed by atoms with Crippen LogP contribution in [0.5, 0.6) is 0 Å². The molecular weight excluding hydrogens is 274 g/mol. The Morgan fingerprint density at radius 2 is 1.65 bits per heavy atom. The number of alkyl halides is 4. The van der Waals surface area contributed by atoms with Crippen LogP contribution in [-0.4, -0.2) is 38.7 Å². The third-order valence-electron chi connectivity index (χ3n) is 3.25. The topological polar surface area (TPSA) is 21.3 Å². The summed E-state index contributed by atoms with van der Waals surface area (Å²) in [5, 5.41) is 2.96. The second kappa shape index (κ2) is 11.3. The summed E-state index contributed by atoms with van der Waals surface area (Å²) in [6, 6.07) is -0.0605. The van der Waals surface area contributed by atoms with Crippen LogP contribution < -0.4 is 5.32 Å². The summed E-state index contributed by atoms with van der Waals surface area (Å²) in [6.07, 6.45) is 4.06. The molecule has 0 bridgehead atoms. The molecule has 0 aromatic heterocycles. The van der Waals surface area contributed by atoms with Crippen LogP contribution in [0.25, 0.3) is 0 Å². The van der Waals surface area contributed by atoms with Gasteiger partial charge in [-0.1, -0.05) is 45.4 Å². The van der Waals surface area contributed by atoms with Crippen LogP contribution in [0.1, 0.15) is 51.9 Å². The van der Waals surface area contributed by atoms with Gasteiger partial charge in [-0.2, -0.15) is 8.78 Å². The number of hydrogen-bond donors (Lipinski definition) is 1. The van der Waals surface area contributed by atoms with Gasteiger partial charge in [-0.25, -0.2) is 8.78 Å². The summed E-state index contributed by atoms with van der Waals surface area (Å²) >= 11 is 0. The van der Waals surface area contributed by atoms with E-state index in [1.807, 2.05) is 0 Å². The highest BCUT2D eigenvalue weighted by Gasteiger charge is 2.41. The van der Waals surface area contributed by atoms with E-state index in [0.717, 1.165) is 19.3 Å². The van der Waals surface area contributed by atoms with Crippen LogP contribution >= 0.6 is 0 Å². The summed E-state index contributed by atoms with van der Waals surface area (Å²) in [6.45, 7) is 0.969. The van der Waals surface area contributed by atoms with E-state index in [9.17, 15) is 17.6 Å². The lowest BCUT2D eigenvalue weighted by Gasteiger charge is -2.19. The normalized spacial score (nSPS) is 13.9. The number of unbranched alkanes of at least 4 members (excludes halogenated alkanes) is 5. The van der Waals surface area contributed by atoms with Crippen molar-refractivity contribution in [2.75, 3.05) is 20.3 Å². The van der Waals surface area contributed by atoms with Gasteiger partial charge >= 0.3 is 12.3 Å². The molecular formula is C14H27F4NO. The first-order chi connectivity index (χ1) is 9.44. The Balaban J connectivity index is 3.66. The fourth-order valence-corrected chi connectivity index (χ4v) is 1.88. The molecule has 0 aliphatic rings. The fraction of sp³-hybridized carbons (Fsp3) is 1.00. The standard InChI is InChI=1S/C14H27F4NO/c1-3-4-5-6-7-8-9-12(19-2)10-20-11-14(17,18)13(15)16/h12-13,19H,3-11H2,1-2H3. The van der Waals surface area contributed by atoms with Crippen molar-refractivity contribution >= 4 is 0 Å².